The van der Waals surface area contributed by atoms with Crippen LogP contribution in [0.2, 0.25) is 0 Å². The Hall–Kier alpha value is -3.35. The average Bonchev–Trinajstić information content (AvgIpc) is 3.19. The minimum Gasteiger partial charge on any atom is -0.481 e. The molecule has 0 bridgehead atoms. The number of ether oxygens (including phenoxy) is 1. The van der Waals surface area contributed by atoms with Crippen LogP contribution in [-0.2, 0) is 14.3 Å². The van der Waals surface area contributed by atoms with Crippen LogP contribution in [0.15, 0.2) is 48.5 Å². The van der Waals surface area contributed by atoms with Crippen LogP contribution in [0, 0.1) is 11.8 Å². The maximum absolute atomic E-state index is 13.5. The Labute approximate surface area is 206 Å². The number of carbonyl (C=O) groups excluding carboxylic acids is 2. The molecule has 1 fully saturated rings. The predicted molar refractivity (Wildman–Crippen MR) is 133 cm³/mol. The lowest BCUT2D eigenvalue weighted by Crippen LogP contribution is -2.57. The second-order valence-corrected chi connectivity index (χ2v) is 9.69. The lowest BCUT2D eigenvalue weighted by atomic mass is 9.88. The number of fused-ring (bicyclic) bond motifs is 3. The van der Waals surface area contributed by atoms with E-state index in [-0.39, 0.29) is 24.3 Å². The highest BCUT2D eigenvalue weighted by atomic mass is 16.5. The van der Waals surface area contributed by atoms with Gasteiger partial charge in [0.15, 0.2) is 0 Å². The summed E-state index contributed by atoms with van der Waals surface area (Å²) in [4.78, 5) is 39.6. The molecule has 7 nitrogen and oxygen atoms in total. The number of alkyl carbamates (subject to hydrolysis) is 1. The smallest absolute Gasteiger partial charge is 0.407 e. The first-order chi connectivity index (χ1) is 16.8. The first-order valence-corrected chi connectivity index (χ1v) is 12.5. The molecule has 2 aromatic carbocycles. The van der Waals surface area contributed by atoms with Gasteiger partial charge in [0, 0.05) is 18.5 Å². The van der Waals surface area contributed by atoms with Crippen molar-refractivity contribution in [3.8, 4) is 11.1 Å². The molecule has 0 saturated carbocycles. The minimum absolute atomic E-state index is 0.0654. The Balaban J connectivity index is 1.45. The Morgan fingerprint density at radius 1 is 1.09 bits per heavy atom. The summed E-state index contributed by atoms with van der Waals surface area (Å²) >= 11 is 0. The molecule has 2 unspecified atom stereocenters. The second-order valence-electron chi connectivity index (χ2n) is 9.69. The van der Waals surface area contributed by atoms with Crippen LogP contribution < -0.4 is 5.32 Å². The van der Waals surface area contributed by atoms with Crippen molar-refractivity contribution in [2.24, 2.45) is 11.8 Å². The molecule has 186 valence electrons. The first-order valence-electron chi connectivity index (χ1n) is 12.5. The van der Waals surface area contributed by atoms with E-state index in [1.54, 1.807) is 11.8 Å². The number of likely N-dealkylation sites (tertiary alicyclic amines) is 1. The molecule has 7 heteroatoms. The molecule has 2 aliphatic rings. The van der Waals surface area contributed by atoms with Crippen LogP contribution >= 0.6 is 0 Å². The van der Waals surface area contributed by atoms with Gasteiger partial charge in [0.05, 0.1) is 5.92 Å². The number of amides is 2. The molecule has 1 aliphatic carbocycles. The standard InChI is InChI=1S/C28H34N2O5/c1-4-17(2)25(26(31)30-15-9-14-19(18(30)3)27(32)33)29-28(34)35-16-24-22-12-7-5-10-20(22)21-11-6-8-13-23(21)24/h5-8,10-13,17-19,24-25H,4,9,14-16H2,1-3H3,(H,29,34)(H,32,33)/t17-,18?,19?,25-/m0/s1. The summed E-state index contributed by atoms with van der Waals surface area (Å²) in [5.41, 5.74) is 4.55. The van der Waals surface area contributed by atoms with Gasteiger partial charge in [-0.05, 0) is 47.9 Å². The summed E-state index contributed by atoms with van der Waals surface area (Å²) in [6, 6.07) is 15.1. The van der Waals surface area contributed by atoms with E-state index in [1.165, 1.54) is 0 Å². The number of hydrogen-bond donors (Lipinski definition) is 2. The third-order valence-corrected chi connectivity index (χ3v) is 7.68. The fourth-order valence-electron chi connectivity index (χ4n) is 5.41. The van der Waals surface area contributed by atoms with Crippen LogP contribution in [0.5, 0.6) is 0 Å². The molecular weight excluding hydrogens is 444 g/mol. The summed E-state index contributed by atoms with van der Waals surface area (Å²) in [6.45, 7) is 6.31. The molecule has 0 radical (unpaired) electrons. The quantitative estimate of drug-likeness (QED) is 0.604. The molecule has 0 aromatic heterocycles. The van der Waals surface area contributed by atoms with Crippen molar-refractivity contribution in [1.29, 1.82) is 0 Å². The van der Waals surface area contributed by atoms with Crippen molar-refractivity contribution in [1.82, 2.24) is 10.2 Å². The number of carboxylic acids is 1. The Kier molecular flexibility index (Phi) is 7.43. The predicted octanol–water partition coefficient (Wildman–Crippen LogP) is 4.65. The van der Waals surface area contributed by atoms with Crippen LogP contribution in [0.3, 0.4) is 0 Å². The summed E-state index contributed by atoms with van der Waals surface area (Å²) in [6.07, 6.45) is 1.23. The molecule has 1 aliphatic heterocycles. The summed E-state index contributed by atoms with van der Waals surface area (Å²) in [5.74, 6) is -1.92. The van der Waals surface area contributed by atoms with Crippen molar-refractivity contribution in [2.75, 3.05) is 13.2 Å². The van der Waals surface area contributed by atoms with E-state index in [0.717, 1.165) is 22.3 Å². The van der Waals surface area contributed by atoms with Crippen LogP contribution in [0.4, 0.5) is 4.79 Å². The Morgan fingerprint density at radius 3 is 2.26 bits per heavy atom. The van der Waals surface area contributed by atoms with Crippen molar-refractivity contribution in [3.63, 3.8) is 0 Å². The van der Waals surface area contributed by atoms with E-state index in [2.05, 4.69) is 29.6 Å². The average molecular weight is 479 g/mol. The normalized spacial score (nSPS) is 20.9. The van der Waals surface area contributed by atoms with Crippen LogP contribution in [0.25, 0.3) is 11.1 Å². The van der Waals surface area contributed by atoms with Gasteiger partial charge in [0.2, 0.25) is 5.91 Å². The molecule has 1 heterocycles. The van der Waals surface area contributed by atoms with Gasteiger partial charge in [-0.15, -0.1) is 0 Å². The van der Waals surface area contributed by atoms with Crippen molar-refractivity contribution < 1.29 is 24.2 Å². The van der Waals surface area contributed by atoms with E-state index in [1.807, 2.05) is 38.1 Å². The largest absolute Gasteiger partial charge is 0.481 e. The highest BCUT2D eigenvalue weighted by Crippen LogP contribution is 2.44. The molecule has 2 aromatic rings. The number of piperidine rings is 1. The van der Waals surface area contributed by atoms with Crippen LogP contribution in [-0.4, -0.2) is 53.2 Å². The minimum atomic E-state index is -0.889. The molecule has 2 N–H and O–H groups in total. The molecule has 2 amide bonds. The fourth-order valence-corrected chi connectivity index (χ4v) is 5.41. The van der Waals surface area contributed by atoms with Gasteiger partial charge in [-0.25, -0.2) is 4.79 Å². The van der Waals surface area contributed by atoms with Gasteiger partial charge in [0.25, 0.3) is 0 Å². The van der Waals surface area contributed by atoms with Crippen molar-refractivity contribution in [3.05, 3.63) is 59.7 Å². The number of hydrogen-bond acceptors (Lipinski definition) is 4. The first kappa shape index (κ1) is 24.8. The Bertz CT molecular complexity index is 1050. The maximum atomic E-state index is 13.5. The monoisotopic (exact) mass is 478 g/mol. The number of carboxylic acid groups (broad SMARTS) is 1. The summed E-state index contributed by atoms with van der Waals surface area (Å²) < 4.78 is 5.67. The van der Waals surface area contributed by atoms with Gasteiger partial charge < -0.3 is 20.1 Å². The van der Waals surface area contributed by atoms with Gasteiger partial charge in [-0.2, -0.15) is 0 Å². The molecular formula is C28H34N2O5. The zero-order valence-electron chi connectivity index (χ0n) is 20.6. The lowest BCUT2D eigenvalue weighted by molar-refractivity contribution is -0.150. The number of aliphatic carboxylic acids is 1. The highest BCUT2D eigenvalue weighted by Gasteiger charge is 2.39. The molecule has 4 rings (SSSR count). The van der Waals surface area contributed by atoms with Gasteiger partial charge in [-0.3, -0.25) is 9.59 Å². The summed E-state index contributed by atoms with van der Waals surface area (Å²) in [7, 11) is 0. The van der Waals surface area contributed by atoms with Gasteiger partial charge >= 0.3 is 12.1 Å². The van der Waals surface area contributed by atoms with E-state index in [4.69, 9.17) is 4.74 Å². The molecule has 1 saturated heterocycles. The highest BCUT2D eigenvalue weighted by molar-refractivity contribution is 5.87. The number of nitrogens with one attached hydrogen (secondary N) is 1. The van der Waals surface area contributed by atoms with E-state index >= 15 is 0 Å². The third-order valence-electron chi connectivity index (χ3n) is 7.68. The molecule has 35 heavy (non-hydrogen) atoms. The maximum Gasteiger partial charge on any atom is 0.407 e. The lowest BCUT2D eigenvalue weighted by Gasteiger charge is -2.40. The van der Waals surface area contributed by atoms with Gasteiger partial charge in [-0.1, -0.05) is 68.8 Å². The van der Waals surface area contributed by atoms with Crippen LogP contribution in [0.1, 0.15) is 57.1 Å². The number of nitrogens with zero attached hydrogens (tertiary/aromatic N) is 1. The van der Waals surface area contributed by atoms with E-state index in [0.29, 0.717) is 25.8 Å². The third kappa shape index (κ3) is 4.90. The molecule has 4 atom stereocenters. The number of rotatable bonds is 7. The van der Waals surface area contributed by atoms with Crippen molar-refractivity contribution >= 4 is 18.0 Å². The second kappa shape index (κ2) is 10.5. The fraction of sp³-hybridized carbons (Fsp3) is 0.464. The topological polar surface area (TPSA) is 95.9 Å². The van der Waals surface area contributed by atoms with Gasteiger partial charge in [0.1, 0.15) is 12.6 Å². The SMILES string of the molecule is CC[C@H](C)[C@H](NC(=O)OCC1c2ccccc2-c2ccccc21)C(=O)N1CCCC(C(=O)O)C1C. The Morgan fingerprint density at radius 2 is 1.69 bits per heavy atom. The number of carbonyl (C=O) groups is 3. The van der Waals surface area contributed by atoms with E-state index in [9.17, 15) is 19.5 Å². The molecule has 0 spiro atoms. The van der Waals surface area contributed by atoms with Crippen molar-refractivity contribution in [2.45, 2.75) is 58.0 Å². The zero-order chi connectivity index (χ0) is 25.1. The van der Waals surface area contributed by atoms with E-state index < -0.39 is 30.1 Å². The summed E-state index contributed by atoms with van der Waals surface area (Å²) in [5, 5.41) is 12.3. The number of benzene rings is 2. The zero-order valence-corrected chi connectivity index (χ0v) is 20.6.